The molecule has 2 rings (SSSR count). The zero-order valence-corrected chi connectivity index (χ0v) is 15.1. The van der Waals surface area contributed by atoms with Crippen LogP contribution in [0.4, 0.5) is 0 Å². The van der Waals surface area contributed by atoms with Crippen molar-refractivity contribution in [1.82, 2.24) is 5.32 Å². The first-order valence-electron chi connectivity index (χ1n) is 7.79. The van der Waals surface area contributed by atoms with Gasteiger partial charge in [0.1, 0.15) is 5.75 Å². The van der Waals surface area contributed by atoms with E-state index in [9.17, 15) is 9.59 Å². The molecule has 0 aliphatic carbocycles. The van der Waals surface area contributed by atoms with E-state index in [2.05, 4.69) is 21.2 Å². The largest absolute Gasteiger partial charge is 0.485 e. The van der Waals surface area contributed by atoms with Crippen molar-refractivity contribution in [3.8, 4) is 5.75 Å². The van der Waals surface area contributed by atoms with Crippen molar-refractivity contribution < 1.29 is 14.3 Å². The fraction of sp³-hybridized carbons (Fsp3) is 0.263. The highest BCUT2D eigenvalue weighted by Crippen LogP contribution is 2.16. The lowest BCUT2D eigenvalue weighted by Gasteiger charge is -2.07. The summed E-state index contributed by atoms with van der Waals surface area (Å²) in [6.45, 7) is 2.19. The molecule has 0 saturated heterocycles. The lowest BCUT2D eigenvalue weighted by Crippen LogP contribution is -2.21. The van der Waals surface area contributed by atoms with E-state index < -0.39 is 0 Å². The molecule has 0 fully saturated rings. The number of carbonyl (C=O) groups excluding carboxylic acids is 2. The summed E-state index contributed by atoms with van der Waals surface area (Å²) in [6, 6.07) is 14.9. The minimum absolute atomic E-state index is 0.0123. The van der Waals surface area contributed by atoms with Crippen LogP contribution in [0.2, 0.25) is 0 Å². The molecule has 4 nitrogen and oxygen atoms in total. The average molecular weight is 390 g/mol. The number of amides is 1. The molecule has 5 heteroatoms. The van der Waals surface area contributed by atoms with Gasteiger partial charge < -0.3 is 10.1 Å². The second-order valence-electron chi connectivity index (χ2n) is 5.45. The molecule has 2 aromatic rings. The molecule has 0 radical (unpaired) electrons. The monoisotopic (exact) mass is 389 g/mol. The van der Waals surface area contributed by atoms with Gasteiger partial charge in [-0.25, -0.2) is 0 Å². The van der Waals surface area contributed by atoms with Crippen LogP contribution in [0.25, 0.3) is 0 Å². The Kier molecular flexibility index (Phi) is 7.00. The second kappa shape index (κ2) is 9.23. The van der Waals surface area contributed by atoms with Crippen molar-refractivity contribution in [2.45, 2.75) is 19.8 Å². The SMILES string of the molecule is CC(=O)NCCCc1ccc(C(=O)COc2ccc(Br)cc2)cc1. The van der Waals surface area contributed by atoms with Crippen molar-refractivity contribution in [3.63, 3.8) is 0 Å². The van der Waals surface area contributed by atoms with Gasteiger partial charge in [-0.15, -0.1) is 0 Å². The predicted octanol–water partition coefficient (Wildman–Crippen LogP) is 3.78. The van der Waals surface area contributed by atoms with Gasteiger partial charge in [-0.1, -0.05) is 40.2 Å². The van der Waals surface area contributed by atoms with Crippen LogP contribution in [-0.4, -0.2) is 24.8 Å². The zero-order chi connectivity index (χ0) is 17.4. The fourth-order valence-electron chi connectivity index (χ4n) is 2.18. The van der Waals surface area contributed by atoms with Crippen molar-refractivity contribution in [2.24, 2.45) is 0 Å². The molecule has 0 bridgehead atoms. The Labute approximate surface area is 150 Å². The quantitative estimate of drug-likeness (QED) is 0.551. The van der Waals surface area contributed by atoms with Gasteiger partial charge in [-0.2, -0.15) is 0 Å². The second-order valence-corrected chi connectivity index (χ2v) is 6.36. The van der Waals surface area contributed by atoms with Crippen LogP contribution in [0.5, 0.6) is 5.75 Å². The lowest BCUT2D eigenvalue weighted by molar-refractivity contribution is -0.118. The number of nitrogens with one attached hydrogen (secondary N) is 1. The number of rotatable bonds is 8. The first kappa shape index (κ1) is 18.2. The van der Waals surface area contributed by atoms with Gasteiger partial charge in [0, 0.05) is 23.5 Å². The molecule has 0 aromatic heterocycles. The van der Waals surface area contributed by atoms with Gasteiger partial charge in [-0.05, 0) is 42.7 Å². The zero-order valence-electron chi connectivity index (χ0n) is 13.5. The normalized spacial score (nSPS) is 10.2. The molecule has 0 saturated carbocycles. The summed E-state index contributed by atoms with van der Waals surface area (Å²) in [5, 5.41) is 2.77. The minimum atomic E-state index is -0.0530. The Hall–Kier alpha value is -2.14. The third kappa shape index (κ3) is 6.16. The molecule has 1 amide bonds. The minimum Gasteiger partial charge on any atom is -0.485 e. The molecule has 0 aliphatic heterocycles. The van der Waals surface area contributed by atoms with Gasteiger partial charge >= 0.3 is 0 Å². The number of aryl methyl sites for hydroxylation is 1. The molecule has 0 unspecified atom stereocenters. The van der Waals surface area contributed by atoms with Crippen LogP contribution in [-0.2, 0) is 11.2 Å². The number of benzene rings is 2. The molecular formula is C19H20BrNO3. The summed E-state index contributed by atoms with van der Waals surface area (Å²) in [5.74, 6) is 0.602. The number of hydrogen-bond acceptors (Lipinski definition) is 3. The molecule has 0 spiro atoms. The van der Waals surface area contributed by atoms with E-state index in [0.29, 0.717) is 17.9 Å². The molecule has 1 N–H and O–H groups in total. The van der Waals surface area contributed by atoms with Crippen LogP contribution in [0.1, 0.15) is 29.3 Å². The molecule has 2 aromatic carbocycles. The van der Waals surface area contributed by atoms with Crippen molar-refractivity contribution in [3.05, 3.63) is 64.1 Å². The van der Waals surface area contributed by atoms with Gasteiger partial charge in [0.15, 0.2) is 12.4 Å². The first-order chi connectivity index (χ1) is 11.5. The van der Waals surface area contributed by atoms with Gasteiger partial charge in [0.2, 0.25) is 5.91 Å². The number of ether oxygens (including phenoxy) is 1. The highest BCUT2D eigenvalue weighted by Gasteiger charge is 2.07. The Morgan fingerprint density at radius 1 is 1.04 bits per heavy atom. The summed E-state index contributed by atoms with van der Waals surface area (Å²) in [4.78, 5) is 22.9. The molecule has 0 heterocycles. The number of ketones is 1. The average Bonchev–Trinajstić information content (AvgIpc) is 2.58. The van der Waals surface area contributed by atoms with Crippen LogP contribution >= 0.6 is 15.9 Å². The Bertz CT molecular complexity index is 681. The third-order valence-corrected chi connectivity index (χ3v) is 4.00. The van der Waals surface area contributed by atoms with Crippen molar-refractivity contribution >= 4 is 27.6 Å². The molecule has 0 aliphatic rings. The maximum Gasteiger partial charge on any atom is 0.216 e. The maximum atomic E-state index is 12.1. The van der Waals surface area contributed by atoms with Gasteiger partial charge in [0.05, 0.1) is 0 Å². The van der Waals surface area contributed by atoms with E-state index in [0.717, 1.165) is 22.9 Å². The molecular weight excluding hydrogens is 370 g/mol. The maximum absolute atomic E-state index is 12.1. The van der Waals surface area contributed by atoms with Crippen molar-refractivity contribution in [1.29, 1.82) is 0 Å². The topological polar surface area (TPSA) is 55.4 Å². The number of carbonyl (C=O) groups is 2. The van der Waals surface area contributed by atoms with E-state index in [1.54, 1.807) is 0 Å². The lowest BCUT2D eigenvalue weighted by atomic mass is 10.1. The van der Waals surface area contributed by atoms with E-state index in [4.69, 9.17) is 4.74 Å². The van der Waals surface area contributed by atoms with Crippen molar-refractivity contribution in [2.75, 3.05) is 13.2 Å². The van der Waals surface area contributed by atoms with E-state index in [1.807, 2.05) is 48.5 Å². The highest BCUT2D eigenvalue weighted by atomic mass is 79.9. The Morgan fingerprint density at radius 2 is 1.71 bits per heavy atom. The van der Waals surface area contributed by atoms with Crippen LogP contribution in [0.3, 0.4) is 0 Å². The van der Waals surface area contributed by atoms with E-state index >= 15 is 0 Å². The standard InChI is InChI=1S/C19H20BrNO3/c1-14(22)21-12-2-3-15-4-6-16(7-5-15)19(23)13-24-18-10-8-17(20)9-11-18/h4-11H,2-3,12-13H2,1H3,(H,21,22). The highest BCUT2D eigenvalue weighted by molar-refractivity contribution is 9.10. The number of Topliss-reactive ketones (excluding diaryl/α,β-unsaturated/α-hetero) is 1. The predicted molar refractivity (Wildman–Crippen MR) is 97.4 cm³/mol. The summed E-state index contributed by atoms with van der Waals surface area (Å²) in [7, 11) is 0. The summed E-state index contributed by atoms with van der Waals surface area (Å²) in [5.41, 5.74) is 1.78. The fourth-order valence-corrected chi connectivity index (χ4v) is 2.44. The number of halogens is 1. The van der Waals surface area contributed by atoms with Crippen LogP contribution < -0.4 is 10.1 Å². The summed E-state index contributed by atoms with van der Waals surface area (Å²) >= 11 is 3.36. The molecule has 126 valence electrons. The first-order valence-corrected chi connectivity index (χ1v) is 8.59. The third-order valence-electron chi connectivity index (χ3n) is 3.48. The Balaban J connectivity index is 1.80. The van der Waals surface area contributed by atoms with Crippen LogP contribution in [0, 0.1) is 0 Å². The van der Waals surface area contributed by atoms with E-state index in [1.165, 1.54) is 6.92 Å². The van der Waals surface area contributed by atoms with Gasteiger partial charge in [0.25, 0.3) is 0 Å². The Morgan fingerprint density at radius 3 is 2.33 bits per heavy atom. The number of hydrogen-bond donors (Lipinski definition) is 1. The van der Waals surface area contributed by atoms with Gasteiger partial charge in [-0.3, -0.25) is 9.59 Å². The molecule has 0 atom stereocenters. The van der Waals surface area contributed by atoms with E-state index in [-0.39, 0.29) is 18.3 Å². The smallest absolute Gasteiger partial charge is 0.216 e. The summed E-state index contributed by atoms with van der Waals surface area (Å²) < 4.78 is 6.47. The summed E-state index contributed by atoms with van der Waals surface area (Å²) in [6.07, 6.45) is 1.74. The molecule has 24 heavy (non-hydrogen) atoms. The van der Waals surface area contributed by atoms with Crippen LogP contribution in [0.15, 0.2) is 53.0 Å².